The van der Waals surface area contributed by atoms with Gasteiger partial charge in [-0.3, -0.25) is 19.3 Å². The van der Waals surface area contributed by atoms with Gasteiger partial charge in [0.2, 0.25) is 5.91 Å². The van der Waals surface area contributed by atoms with E-state index in [0.29, 0.717) is 5.00 Å². The first kappa shape index (κ1) is 24.3. The van der Waals surface area contributed by atoms with E-state index in [4.69, 9.17) is 0 Å². The number of carbonyl (C=O) groups excluding carboxylic acids is 2. The van der Waals surface area contributed by atoms with Crippen LogP contribution in [0.1, 0.15) is 24.0 Å². The van der Waals surface area contributed by atoms with Gasteiger partial charge in [0.25, 0.3) is 5.91 Å². The second-order valence-corrected chi connectivity index (χ2v) is 10.9. The first-order valence-electron chi connectivity index (χ1n) is 11.4. The van der Waals surface area contributed by atoms with Gasteiger partial charge in [0.1, 0.15) is 11.4 Å². The van der Waals surface area contributed by atoms with Crippen molar-refractivity contribution in [2.75, 3.05) is 11.5 Å². The zero-order valence-corrected chi connectivity index (χ0v) is 21.0. The van der Waals surface area contributed by atoms with Gasteiger partial charge in [-0.2, -0.15) is 0 Å². The van der Waals surface area contributed by atoms with Gasteiger partial charge in [-0.05, 0) is 34.2 Å². The van der Waals surface area contributed by atoms with Crippen LogP contribution in [-0.4, -0.2) is 55.7 Å². The molecule has 2 unspecified atom stereocenters. The summed E-state index contributed by atoms with van der Waals surface area (Å²) < 4.78 is -1.62. The van der Waals surface area contributed by atoms with Crippen molar-refractivity contribution in [3.05, 3.63) is 101 Å². The van der Waals surface area contributed by atoms with Crippen LogP contribution < -0.4 is 4.90 Å². The molecule has 9 heteroatoms. The van der Waals surface area contributed by atoms with Crippen molar-refractivity contribution in [2.45, 2.75) is 29.0 Å². The molecule has 0 radical (unpaired) electrons. The highest BCUT2D eigenvalue weighted by molar-refractivity contribution is 8.02. The molecule has 2 aliphatic rings. The lowest BCUT2D eigenvalue weighted by Gasteiger charge is -2.55. The molecular weight excluding hydrogens is 496 g/mol. The highest BCUT2D eigenvalue weighted by atomic mass is 32.2. The molecule has 7 nitrogen and oxygen atoms in total. The average molecular weight is 521 g/mol. The van der Waals surface area contributed by atoms with Gasteiger partial charge in [-0.25, -0.2) is 0 Å². The summed E-state index contributed by atoms with van der Waals surface area (Å²) in [4.78, 5) is 42.1. The lowest BCUT2D eigenvalue weighted by Crippen LogP contribution is -2.72. The van der Waals surface area contributed by atoms with Gasteiger partial charge in [0, 0.05) is 19.0 Å². The van der Waals surface area contributed by atoms with Gasteiger partial charge < -0.3 is 15.1 Å². The normalized spacial score (nSPS) is 23.0. The largest absolute Gasteiger partial charge is 0.480 e. The minimum atomic E-state index is -1.62. The molecule has 2 aromatic carbocycles. The Balaban J connectivity index is 1.67. The van der Waals surface area contributed by atoms with Crippen molar-refractivity contribution in [2.24, 2.45) is 0 Å². The number of rotatable bonds is 7. The Bertz CT molecular complexity index is 1270. The van der Waals surface area contributed by atoms with Crippen LogP contribution >= 0.6 is 23.1 Å². The standard InChI is InChI=1S/C27H24N2O5S2/c1-17(31)29(21-13-8-14-35-21)23-24(32)28-15-20(16-30)27(26(33)34,36-25(23)28)22(18-9-4-2-5-10-18)19-11-6-3-7-12-19/h2-15,22-23,25,30H,16H2,1H3,(H,33,34)/t23?,25-,27?/m1/s1. The lowest BCUT2D eigenvalue weighted by molar-refractivity contribution is -0.144. The van der Waals surface area contributed by atoms with Crippen molar-refractivity contribution in [3.8, 4) is 0 Å². The summed E-state index contributed by atoms with van der Waals surface area (Å²) in [7, 11) is 0. The monoisotopic (exact) mass is 520 g/mol. The number of hydrogen-bond donors (Lipinski definition) is 2. The van der Waals surface area contributed by atoms with Crippen LogP contribution in [-0.2, 0) is 14.4 Å². The minimum Gasteiger partial charge on any atom is -0.480 e. The maximum absolute atomic E-state index is 13.3. The van der Waals surface area contributed by atoms with Crippen LogP contribution in [0.4, 0.5) is 5.00 Å². The zero-order valence-electron chi connectivity index (χ0n) is 19.4. The first-order chi connectivity index (χ1) is 17.4. The number of thioether (sulfide) groups is 1. The molecule has 3 atom stereocenters. The molecule has 3 aromatic rings. The van der Waals surface area contributed by atoms with Crippen LogP contribution in [0, 0.1) is 0 Å². The predicted octanol–water partition coefficient (Wildman–Crippen LogP) is 3.92. The molecule has 5 rings (SSSR count). The fraction of sp³-hybridized carbons (Fsp3) is 0.222. The number of hydrogen-bond acceptors (Lipinski definition) is 6. The van der Waals surface area contributed by atoms with Crippen LogP contribution in [0.2, 0.25) is 0 Å². The molecule has 2 N–H and O–H groups in total. The van der Waals surface area contributed by atoms with Crippen molar-refractivity contribution in [1.29, 1.82) is 0 Å². The zero-order chi connectivity index (χ0) is 25.4. The van der Waals surface area contributed by atoms with E-state index in [1.165, 1.54) is 34.3 Å². The number of nitrogens with zero attached hydrogens (tertiary/aromatic N) is 2. The van der Waals surface area contributed by atoms with Crippen molar-refractivity contribution in [3.63, 3.8) is 0 Å². The molecule has 1 aromatic heterocycles. The molecular formula is C27H24N2O5S2. The molecule has 1 saturated heterocycles. The molecule has 0 spiro atoms. The van der Waals surface area contributed by atoms with E-state index in [1.54, 1.807) is 12.1 Å². The second kappa shape index (κ2) is 9.57. The first-order valence-corrected chi connectivity index (χ1v) is 13.1. The smallest absolute Gasteiger partial charge is 0.325 e. The number of carboxylic acid groups (broad SMARTS) is 1. The number of aliphatic hydroxyl groups is 1. The Labute approximate surface area is 216 Å². The summed E-state index contributed by atoms with van der Waals surface area (Å²) in [5, 5.41) is 23.1. The van der Waals surface area contributed by atoms with Crippen molar-refractivity contribution < 1.29 is 24.6 Å². The second-order valence-electron chi connectivity index (χ2n) is 8.65. The average Bonchev–Trinajstić information content (AvgIpc) is 3.42. The molecule has 0 bridgehead atoms. The molecule has 36 heavy (non-hydrogen) atoms. The topological polar surface area (TPSA) is 98.2 Å². The van der Waals surface area contributed by atoms with Gasteiger partial charge in [0.05, 0.1) is 11.6 Å². The van der Waals surface area contributed by atoms with Gasteiger partial charge >= 0.3 is 5.97 Å². The minimum absolute atomic E-state index is 0.228. The number of anilines is 1. The van der Waals surface area contributed by atoms with Crippen molar-refractivity contribution >= 4 is 45.9 Å². The van der Waals surface area contributed by atoms with Crippen LogP contribution in [0.3, 0.4) is 0 Å². The Morgan fingerprint density at radius 1 is 1.03 bits per heavy atom. The predicted molar refractivity (Wildman–Crippen MR) is 140 cm³/mol. The number of carboxylic acids is 1. The van der Waals surface area contributed by atoms with E-state index in [9.17, 15) is 24.6 Å². The van der Waals surface area contributed by atoms with Crippen molar-refractivity contribution in [1.82, 2.24) is 4.90 Å². The van der Waals surface area contributed by atoms with E-state index >= 15 is 0 Å². The number of fused-ring (bicyclic) bond motifs is 1. The summed E-state index contributed by atoms with van der Waals surface area (Å²) in [6.07, 6.45) is 1.47. The summed E-state index contributed by atoms with van der Waals surface area (Å²) >= 11 is 2.45. The number of thiophene rings is 1. The van der Waals surface area contributed by atoms with E-state index in [1.807, 2.05) is 66.0 Å². The molecule has 2 amide bonds. The van der Waals surface area contributed by atoms with Gasteiger partial charge in [0.15, 0.2) is 4.75 Å². The van der Waals surface area contributed by atoms with E-state index < -0.39 is 34.7 Å². The Morgan fingerprint density at radius 2 is 1.64 bits per heavy atom. The number of aliphatic hydroxyl groups excluding tert-OH is 1. The molecule has 0 aliphatic carbocycles. The Kier molecular flexibility index (Phi) is 6.46. The summed E-state index contributed by atoms with van der Waals surface area (Å²) in [5.41, 5.74) is 1.77. The number of carbonyl (C=O) groups is 3. The van der Waals surface area contributed by atoms with Crippen LogP contribution in [0.5, 0.6) is 0 Å². The van der Waals surface area contributed by atoms with Crippen LogP contribution in [0.15, 0.2) is 89.9 Å². The highest BCUT2D eigenvalue weighted by Crippen LogP contribution is 2.56. The van der Waals surface area contributed by atoms with E-state index in [0.717, 1.165) is 22.9 Å². The number of β-lactam (4-membered cyclic amide) rings is 1. The quantitative estimate of drug-likeness (QED) is 0.459. The summed E-state index contributed by atoms with van der Waals surface area (Å²) in [6.45, 7) is 0.872. The highest BCUT2D eigenvalue weighted by Gasteiger charge is 2.63. The Morgan fingerprint density at radius 3 is 2.11 bits per heavy atom. The SMILES string of the molecule is CC(=O)N(c1cccs1)C1C(=O)N2C=C(CO)C(C(=O)O)(C(c3ccccc3)c3ccccc3)S[C@H]12. The van der Waals surface area contributed by atoms with Crippen LogP contribution in [0.25, 0.3) is 0 Å². The molecule has 184 valence electrons. The van der Waals surface area contributed by atoms with E-state index in [2.05, 4.69) is 0 Å². The maximum atomic E-state index is 13.3. The summed E-state index contributed by atoms with van der Waals surface area (Å²) in [5.74, 6) is -2.38. The lowest BCUT2D eigenvalue weighted by atomic mass is 9.76. The molecule has 2 aliphatic heterocycles. The Hall–Kier alpha value is -3.40. The van der Waals surface area contributed by atoms with E-state index in [-0.39, 0.29) is 17.4 Å². The van der Waals surface area contributed by atoms with Gasteiger partial charge in [-0.15, -0.1) is 23.1 Å². The third-order valence-electron chi connectivity index (χ3n) is 6.65. The molecule has 0 saturated carbocycles. The fourth-order valence-corrected chi connectivity index (χ4v) is 7.68. The third-order valence-corrected chi connectivity index (χ3v) is 9.29. The number of benzene rings is 2. The van der Waals surface area contributed by atoms with Gasteiger partial charge in [-0.1, -0.05) is 60.7 Å². The maximum Gasteiger partial charge on any atom is 0.325 e. The fourth-order valence-electron chi connectivity index (χ4n) is 5.07. The molecule has 3 heterocycles. The number of aliphatic carboxylic acids is 1. The third kappa shape index (κ3) is 3.75. The molecule has 1 fully saturated rings. The summed E-state index contributed by atoms with van der Waals surface area (Å²) in [6, 6.07) is 21.4. The number of amides is 2.